The summed E-state index contributed by atoms with van der Waals surface area (Å²) in [5, 5.41) is 1.88. The van der Waals surface area contributed by atoms with Crippen molar-refractivity contribution in [3.8, 4) is 11.5 Å². The van der Waals surface area contributed by atoms with Gasteiger partial charge in [0.2, 0.25) is 5.91 Å². The number of carbonyl (C=O) groups is 1. The molecule has 3 nitrogen and oxygen atoms in total. The topological polar surface area (TPSA) is 29.5 Å². The lowest BCUT2D eigenvalue weighted by atomic mass is 10.1. The van der Waals surface area contributed by atoms with Crippen molar-refractivity contribution in [3.63, 3.8) is 0 Å². The minimum Gasteiger partial charge on any atom is -0.457 e. The van der Waals surface area contributed by atoms with Crippen LogP contribution in [0.3, 0.4) is 0 Å². The highest BCUT2D eigenvalue weighted by Crippen LogP contribution is 2.25. The molecule has 0 aliphatic heterocycles. The number of halogens is 3. The van der Waals surface area contributed by atoms with E-state index in [0.29, 0.717) is 52.5 Å². The molecule has 168 valence electrons. The van der Waals surface area contributed by atoms with E-state index >= 15 is 0 Å². The van der Waals surface area contributed by atoms with Gasteiger partial charge in [0, 0.05) is 34.6 Å². The van der Waals surface area contributed by atoms with E-state index in [4.69, 9.17) is 39.5 Å². The molecule has 0 heterocycles. The Morgan fingerprint density at radius 2 is 1.62 bits per heavy atom. The van der Waals surface area contributed by atoms with Gasteiger partial charge in [0.15, 0.2) is 0 Å². The van der Waals surface area contributed by atoms with E-state index in [2.05, 4.69) is 0 Å². The van der Waals surface area contributed by atoms with E-state index in [0.717, 1.165) is 11.1 Å². The second-order valence-electron chi connectivity index (χ2n) is 8.10. The predicted molar refractivity (Wildman–Crippen MR) is 133 cm³/mol. The zero-order valence-electron chi connectivity index (χ0n) is 18.2. The molecular formula is C26H26Cl3NO2. The molecule has 1 amide bonds. The van der Waals surface area contributed by atoms with Crippen LogP contribution in [-0.2, 0) is 17.8 Å². The van der Waals surface area contributed by atoms with E-state index in [9.17, 15) is 4.79 Å². The molecule has 0 radical (unpaired) electrons. The van der Waals surface area contributed by atoms with Gasteiger partial charge in [-0.15, -0.1) is 0 Å². The summed E-state index contributed by atoms with van der Waals surface area (Å²) in [5.74, 6) is 1.82. The monoisotopic (exact) mass is 489 g/mol. The minimum atomic E-state index is 0.120. The third kappa shape index (κ3) is 7.44. The van der Waals surface area contributed by atoms with Crippen LogP contribution >= 0.6 is 34.8 Å². The third-order valence-electron chi connectivity index (χ3n) is 4.92. The molecule has 0 atom stereocenters. The fourth-order valence-corrected chi connectivity index (χ4v) is 3.95. The highest BCUT2D eigenvalue weighted by Gasteiger charge is 2.16. The Bertz CT molecular complexity index is 1050. The van der Waals surface area contributed by atoms with Gasteiger partial charge >= 0.3 is 0 Å². The molecule has 0 aliphatic rings. The second kappa shape index (κ2) is 11.6. The molecule has 0 saturated heterocycles. The quantitative estimate of drug-likeness (QED) is 0.303. The van der Waals surface area contributed by atoms with Crippen molar-refractivity contribution < 1.29 is 9.53 Å². The maximum Gasteiger partial charge on any atom is 0.223 e. The standard InChI is InChI=1S/C26H26Cl3NO2/c1-18(2)14-26(31)30(13-12-20-6-7-22(28)16-25(20)29)17-19-4-3-5-24(15-19)32-23-10-8-21(27)9-11-23/h3-11,15-16,18H,12-14,17H2,1-2H3. The number of rotatable bonds is 9. The van der Waals surface area contributed by atoms with Crippen molar-refractivity contribution in [1.82, 2.24) is 4.90 Å². The van der Waals surface area contributed by atoms with Gasteiger partial charge in [-0.1, -0.05) is 66.8 Å². The fourth-order valence-electron chi connectivity index (χ4n) is 3.32. The highest BCUT2D eigenvalue weighted by molar-refractivity contribution is 6.35. The Kier molecular flexibility index (Phi) is 8.86. The number of carbonyl (C=O) groups excluding carboxylic acids is 1. The third-order valence-corrected chi connectivity index (χ3v) is 5.76. The zero-order chi connectivity index (χ0) is 23.1. The summed E-state index contributed by atoms with van der Waals surface area (Å²) >= 11 is 18.3. The highest BCUT2D eigenvalue weighted by atomic mass is 35.5. The molecule has 3 aromatic rings. The van der Waals surface area contributed by atoms with Gasteiger partial charge in [-0.2, -0.15) is 0 Å². The van der Waals surface area contributed by atoms with E-state index in [1.54, 1.807) is 18.2 Å². The van der Waals surface area contributed by atoms with Crippen LogP contribution in [0.2, 0.25) is 15.1 Å². The van der Waals surface area contributed by atoms with E-state index < -0.39 is 0 Å². The van der Waals surface area contributed by atoms with E-state index in [1.165, 1.54) is 0 Å². The van der Waals surface area contributed by atoms with Gasteiger partial charge in [-0.3, -0.25) is 4.79 Å². The molecule has 3 rings (SSSR count). The van der Waals surface area contributed by atoms with Crippen LogP contribution in [0.15, 0.2) is 66.7 Å². The van der Waals surface area contributed by atoms with E-state index in [1.807, 2.05) is 67.3 Å². The first kappa shape index (κ1) is 24.4. The van der Waals surface area contributed by atoms with Gasteiger partial charge in [0.25, 0.3) is 0 Å². The van der Waals surface area contributed by atoms with Gasteiger partial charge in [-0.25, -0.2) is 0 Å². The Morgan fingerprint density at radius 1 is 0.906 bits per heavy atom. The average Bonchev–Trinajstić information content (AvgIpc) is 2.73. The molecule has 3 aromatic carbocycles. The molecule has 0 saturated carbocycles. The molecule has 0 unspecified atom stereocenters. The number of hydrogen-bond acceptors (Lipinski definition) is 2. The Balaban J connectivity index is 1.73. The lowest BCUT2D eigenvalue weighted by Crippen LogP contribution is -2.33. The van der Waals surface area contributed by atoms with Crippen molar-refractivity contribution >= 4 is 40.7 Å². The average molecular weight is 491 g/mol. The lowest BCUT2D eigenvalue weighted by molar-refractivity contribution is -0.132. The number of amides is 1. The van der Waals surface area contributed by atoms with Crippen LogP contribution in [0.4, 0.5) is 0 Å². The maximum absolute atomic E-state index is 13.0. The number of nitrogens with zero attached hydrogens (tertiary/aromatic N) is 1. The van der Waals surface area contributed by atoms with Gasteiger partial charge in [-0.05, 0) is 72.0 Å². The number of benzene rings is 3. The molecule has 0 bridgehead atoms. The van der Waals surface area contributed by atoms with Crippen LogP contribution in [-0.4, -0.2) is 17.4 Å². The molecule has 32 heavy (non-hydrogen) atoms. The molecular weight excluding hydrogens is 465 g/mol. The van der Waals surface area contributed by atoms with Crippen LogP contribution in [0.1, 0.15) is 31.4 Å². The smallest absolute Gasteiger partial charge is 0.223 e. The first-order valence-electron chi connectivity index (χ1n) is 10.5. The zero-order valence-corrected chi connectivity index (χ0v) is 20.4. The normalized spacial score (nSPS) is 10.9. The summed E-state index contributed by atoms with van der Waals surface area (Å²) in [6, 6.07) is 20.5. The van der Waals surface area contributed by atoms with Crippen LogP contribution in [0.25, 0.3) is 0 Å². The molecule has 6 heteroatoms. The minimum absolute atomic E-state index is 0.120. The molecule has 0 N–H and O–H groups in total. The predicted octanol–water partition coefficient (Wildman–Crippen LogP) is 8.06. The van der Waals surface area contributed by atoms with Crippen molar-refractivity contribution in [3.05, 3.63) is 92.9 Å². The molecule has 0 aliphatic carbocycles. The maximum atomic E-state index is 13.0. The molecule has 0 fully saturated rings. The fraction of sp³-hybridized carbons (Fsp3) is 0.269. The second-order valence-corrected chi connectivity index (χ2v) is 9.38. The van der Waals surface area contributed by atoms with Crippen molar-refractivity contribution in [2.24, 2.45) is 5.92 Å². The Morgan fingerprint density at radius 3 is 2.31 bits per heavy atom. The Hall–Kier alpha value is -2.20. The summed E-state index contributed by atoms with van der Waals surface area (Å²) < 4.78 is 5.94. The van der Waals surface area contributed by atoms with Gasteiger partial charge in [0.05, 0.1) is 0 Å². The first-order valence-corrected chi connectivity index (χ1v) is 11.7. The van der Waals surface area contributed by atoms with Crippen molar-refractivity contribution in [2.75, 3.05) is 6.54 Å². The van der Waals surface area contributed by atoms with Crippen molar-refractivity contribution in [1.29, 1.82) is 0 Å². The van der Waals surface area contributed by atoms with Gasteiger partial charge in [0.1, 0.15) is 11.5 Å². The first-order chi connectivity index (χ1) is 15.3. The van der Waals surface area contributed by atoms with Crippen LogP contribution in [0, 0.1) is 5.92 Å². The SMILES string of the molecule is CC(C)CC(=O)N(CCc1ccc(Cl)cc1Cl)Cc1cccc(Oc2ccc(Cl)cc2)c1. The van der Waals surface area contributed by atoms with Crippen LogP contribution < -0.4 is 4.74 Å². The lowest BCUT2D eigenvalue weighted by Gasteiger charge is -2.24. The largest absolute Gasteiger partial charge is 0.457 e. The summed E-state index contributed by atoms with van der Waals surface area (Å²) in [6.45, 7) is 5.16. The number of ether oxygens (including phenoxy) is 1. The summed E-state index contributed by atoms with van der Waals surface area (Å²) in [6.07, 6.45) is 1.15. The summed E-state index contributed by atoms with van der Waals surface area (Å²) in [7, 11) is 0. The van der Waals surface area contributed by atoms with Crippen LogP contribution in [0.5, 0.6) is 11.5 Å². The van der Waals surface area contributed by atoms with Gasteiger partial charge < -0.3 is 9.64 Å². The van der Waals surface area contributed by atoms with Crippen molar-refractivity contribution in [2.45, 2.75) is 33.2 Å². The Labute approximate surface area is 204 Å². The summed E-state index contributed by atoms with van der Waals surface area (Å²) in [5.41, 5.74) is 1.97. The summed E-state index contributed by atoms with van der Waals surface area (Å²) in [4.78, 5) is 14.8. The van der Waals surface area contributed by atoms with E-state index in [-0.39, 0.29) is 11.8 Å². The number of hydrogen-bond donors (Lipinski definition) is 0. The molecule has 0 spiro atoms. The molecule has 0 aromatic heterocycles.